The molecule has 0 spiro atoms. The van der Waals surface area contributed by atoms with Crippen LogP contribution in [0.3, 0.4) is 0 Å². The van der Waals surface area contributed by atoms with Crippen LogP contribution in [0.4, 0.5) is 0 Å². The molecule has 0 saturated heterocycles. The van der Waals surface area contributed by atoms with E-state index in [0.29, 0.717) is 11.4 Å². The molecule has 0 heterocycles. The number of nitrogens with zero attached hydrogens (tertiary/aromatic N) is 1. The summed E-state index contributed by atoms with van der Waals surface area (Å²) >= 11 is 0. The average molecular weight is 271 g/mol. The molecule has 0 aliphatic heterocycles. The van der Waals surface area contributed by atoms with E-state index in [1.807, 2.05) is 26.8 Å². The molecule has 0 radical (unpaired) electrons. The highest BCUT2D eigenvalue weighted by Crippen LogP contribution is 2.19. The van der Waals surface area contributed by atoms with E-state index in [9.17, 15) is 8.42 Å². The number of sulfonamides is 1. The van der Waals surface area contributed by atoms with Crippen molar-refractivity contribution in [2.75, 3.05) is 19.7 Å². The first-order valence-electron chi connectivity index (χ1n) is 6.11. The van der Waals surface area contributed by atoms with Crippen molar-refractivity contribution < 1.29 is 13.5 Å². The highest BCUT2D eigenvalue weighted by Gasteiger charge is 2.23. The molecule has 5 heteroatoms. The lowest BCUT2D eigenvalue weighted by Gasteiger charge is -2.21. The zero-order chi connectivity index (χ0) is 13.8. The van der Waals surface area contributed by atoms with Gasteiger partial charge < -0.3 is 5.11 Å². The number of hydrogen-bond donors (Lipinski definition) is 1. The van der Waals surface area contributed by atoms with Crippen molar-refractivity contribution in [3.05, 3.63) is 29.3 Å². The van der Waals surface area contributed by atoms with Gasteiger partial charge in [-0.25, -0.2) is 8.42 Å². The van der Waals surface area contributed by atoms with Gasteiger partial charge in [-0.1, -0.05) is 13.0 Å². The van der Waals surface area contributed by atoms with E-state index in [-0.39, 0.29) is 13.2 Å². The van der Waals surface area contributed by atoms with Crippen molar-refractivity contribution in [1.29, 1.82) is 0 Å². The summed E-state index contributed by atoms with van der Waals surface area (Å²) in [5.41, 5.74) is 2.02. The van der Waals surface area contributed by atoms with Gasteiger partial charge in [-0.2, -0.15) is 4.31 Å². The molecule has 0 saturated carbocycles. The summed E-state index contributed by atoms with van der Waals surface area (Å²) in [6.07, 6.45) is 0.726. The van der Waals surface area contributed by atoms with E-state index in [2.05, 4.69) is 0 Å². The van der Waals surface area contributed by atoms with Crippen LogP contribution in [0.1, 0.15) is 24.5 Å². The van der Waals surface area contributed by atoms with Gasteiger partial charge in [-0.05, 0) is 43.5 Å². The Morgan fingerprint density at radius 2 is 1.83 bits per heavy atom. The number of benzene rings is 1. The zero-order valence-corrected chi connectivity index (χ0v) is 12.0. The number of hydrogen-bond acceptors (Lipinski definition) is 3. The number of rotatable bonds is 6. The lowest BCUT2D eigenvalue weighted by molar-refractivity contribution is 0.253. The van der Waals surface area contributed by atoms with E-state index in [4.69, 9.17) is 5.11 Å². The third-order valence-corrected chi connectivity index (χ3v) is 4.83. The summed E-state index contributed by atoms with van der Waals surface area (Å²) < 4.78 is 26.1. The molecule has 0 bridgehead atoms. The van der Waals surface area contributed by atoms with Gasteiger partial charge in [0.2, 0.25) is 10.0 Å². The molecule has 0 aliphatic rings. The monoisotopic (exact) mass is 271 g/mol. The molecule has 0 amide bonds. The number of aliphatic hydroxyl groups excluding tert-OH is 1. The van der Waals surface area contributed by atoms with Crippen molar-refractivity contribution in [3.63, 3.8) is 0 Å². The normalized spacial score (nSPS) is 12.1. The van der Waals surface area contributed by atoms with Crippen LogP contribution in [0.25, 0.3) is 0 Å². The Morgan fingerprint density at radius 1 is 1.17 bits per heavy atom. The van der Waals surface area contributed by atoms with Crippen LogP contribution < -0.4 is 0 Å². The molecule has 0 unspecified atom stereocenters. The van der Waals surface area contributed by atoms with Crippen LogP contribution in [-0.4, -0.2) is 37.5 Å². The molecule has 4 nitrogen and oxygen atoms in total. The van der Waals surface area contributed by atoms with Gasteiger partial charge in [-0.3, -0.25) is 0 Å². The van der Waals surface area contributed by atoms with E-state index < -0.39 is 10.0 Å². The van der Waals surface area contributed by atoms with Gasteiger partial charge >= 0.3 is 0 Å². The smallest absolute Gasteiger partial charge is 0.243 e. The predicted octanol–water partition coefficient (Wildman–Crippen LogP) is 1.70. The maximum absolute atomic E-state index is 12.4. The maximum Gasteiger partial charge on any atom is 0.243 e. The Bertz CT molecular complexity index is 491. The Hall–Kier alpha value is -0.910. The Morgan fingerprint density at radius 3 is 2.33 bits per heavy atom. The van der Waals surface area contributed by atoms with Crippen LogP contribution >= 0.6 is 0 Å². The second kappa shape index (κ2) is 6.31. The topological polar surface area (TPSA) is 57.6 Å². The van der Waals surface area contributed by atoms with E-state index in [0.717, 1.165) is 17.5 Å². The van der Waals surface area contributed by atoms with Gasteiger partial charge in [0.05, 0.1) is 11.5 Å². The first-order valence-corrected chi connectivity index (χ1v) is 7.55. The molecule has 0 fully saturated rings. The summed E-state index contributed by atoms with van der Waals surface area (Å²) in [6, 6.07) is 5.12. The van der Waals surface area contributed by atoms with Gasteiger partial charge in [-0.15, -0.1) is 0 Å². The average Bonchev–Trinajstić information content (AvgIpc) is 2.32. The minimum atomic E-state index is -3.49. The minimum absolute atomic E-state index is 0.142. The minimum Gasteiger partial charge on any atom is -0.395 e. The first kappa shape index (κ1) is 15.1. The van der Waals surface area contributed by atoms with Gasteiger partial charge in [0.1, 0.15) is 0 Å². The Labute approximate surface area is 109 Å². The van der Waals surface area contributed by atoms with Crippen LogP contribution in [0.15, 0.2) is 23.1 Å². The lowest BCUT2D eigenvalue weighted by Crippen LogP contribution is -2.34. The molecule has 1 rings (SSSR count). The summed E-state index contributed by atoms with van der Waals surface area (Å²) in [7, 11) is -3.49. The predicted molar refractivity (Wildman–Crippen MR) is 72.1 cm³/mol. The van der Waals surface area contributed by atoms with E-state index in [1.54, 1.807) is 12.1 Å². The number of aliphatic hydroxyl groups is 1. The fraction of sp³-hybridized carbons (Fsp3) is 0.538. The lowest BCUT2D eigenvalue weighted by atomic mass is 10.1. The fourth-order valence-electron chi connectivity index (χ4n) is 1.74. The van der Waals surface area contributed by atoms with Crippen LogP contribution in [0, 0.1) is 13.8 Å². The van der Waals surface area contributed by atoms with E-state index >= 15 is 0 Å². The Kier molecular flexibility index (Phi) is 5.31. The third-order valence-electron chi connectivity index (χ3n) is 2.94. The highest BCUT2D eigenvalue weighted by molar-refractivity contribution is 7.89. The summed E-state index contributed by atoms with van der Waals surface area (Å²) in [6.45, 7) is 6.16. The fourth-order valence-corrected chi connectivity index (χ4v) is 3.35. The molecular weight excluding hydrogens is 250 g/mol. The first-order chi connectivity index (χ1) is 8.43. The van der Waals surface area contributed by atoms with Gasteiger partial charge in [0.25, 0.3) is 0 Å². The second-order valence-corrected chi connectivity index (χ2v) is 6.31. The van der Waals surface area contributed by atoms with Crippen LogP contribution in [-0.2, 0) is 10.0 Å². The molecule has 0 aromatic heterocycles. The molecule has 1 aromatic carbocycles. The van der Waals surface area contributed by atoms with Crippen LogP contribution in [0.2, 0.25) is 0 Å². The van der Waals surface area contributed by atoms with Crippen molar-refractivity contribution in [2.24, 2.45) is 0 Å². The second-order valence-electron chi connectivity index (χ2n) is 4.37. The van der Waals surface area contributed by atoms with Gasteiger partial charge in [0, 0.05) is 13.1 Å². The third kappa shape index (κ3) is 3.31. The maximum atomic E-state index is 12.4. The van der Waals surface area contributed by atoms with Crippen LogP contribution in [0.5, 0.6) is 0 Å². The molecular formula is C13H21NO3S. The molecule has 1 N–H and O–H groups in total. The quantitative estimate of drug-likeness (QED) is 0.856. The van der Waals surface area contributed by atoms with Gasteiger partial charge in [0.15, 0.2) is 0 Å². The van der Waals surface area contributed by atoms with Crippen molar-refractivity contribution in [2.45, 2.75) is 32.1 Å². The summed E-state index contributed by atoms with van der Waals surface area (Å²) in [5.74, 6) is 0. The molecule has 102 valence electrons. The highest BCUT2D eigenvalue weighted by atomic mass is 32.2. The standard InChI is InChI=1S/C13H21NO3S/c1-4-7-14(8-9-15)18(16,17)13-6-5-11(2)12(3)10-13/h5-6,10,15H,4,7-9H2,1-3H3. The van der Waals surface area contributed by atoms with E-state index in [1.165, 1.54) is 4.31 Å². The molecule has 0 atom stereocenters. The SMILES string of the molecule is CCCN(CCO)S(=O)(=O)c1ccc(C)c(C)c1. The summed E-state index contributed by atoms with van der Waals surface area (Å²) in [4.78, 5) is 0.299. The van der Waals surface area contributed by atoms with Crippen molar-refractivity contribution >= 4 is 10.0 Å². The molecule has 1 aromatic rings. The van der Waals surface area contributed by atoms with Crippen molar-refractivity contribution in [3.8, 4) is 0 Å². The molecule has 0 aliphatic carbocycles. The summed E-state index contributed by atoms with van der Waals surface area (Å²) in [5, 5.41) is 8.97. The Balaban J connectivity index is 3.13. The van der Waals surface area contributed by atoms with Crippen molar-refractivity contribution in [1.82, 2.24) is 4.31 Å². The molecule has 18 heavy (non-hydrogen) atoms. The number of aryl methyl sites for hydroxylation is 2. The largest absolute Gasteiger partial charge is 0.395 e. The zero-order valence-electron chi connectivity index (χ0n) is 11.2.